The molecule has 0 aromatic heterocycles. The van der Waals surface area contributed by atoms with Crippen LogP contribution in [0.4, 0.5) is 0 Å². The van der Waals surface area contributed by atoms with Crippen molar-refractivity contribution in [2.45, 2.75) is 129 Å². The Morgan fingerprint density at radius 1 is 0.808 bits per heavy atom. The highest BCUT2D eigenvalue weighted by Crippen LogP contribution is 2.63. The average molecular weight is 1000 g/mol. The van der Waals surface area contributed by atoms with Gasteiger partial charge in [-0.15, -0.1) is 0 Å². The molecule has 2 saturated heterocycles. The molecule has 17 heteroatoms. The molecular weight excluding hydrogens is 941 g/mol. The Morgan fingerprint density at radius 3 is 2.01 bits per heavy atom. The molecule has 2 heterocycles. The average Bonchev–Trinajstić information content (AvgIpc) is 3.70. The number of carbonyl (C=O) groups is 9. The quantitative estimate of drug-likeness (QED) is 0.0538. The number of carbonyl (C=O) groups excluding carboxylic acids is 9. The van der Waals surface area contributed by atoms with Crippen LogP contribution in [0.3, 0.4) is 0 Å². The van der Waals surface area contributed by atoms with Crippen LogP contribution in [0.2, 0.25) is 0 Å². The smallest absolute Gasteiger partial charge is 0.338 e. The van der Waals surface area contributed by atoms with E-state index in [0.29, 0.717) is 21.6 Å². The second-order valence-electron chi connectivity index (χ2n) is 20.5. The van der Waals surface area contributed by atoms with Crippen LogP contribution in [0.25, 0.3) is 0 Å². The second kappa shape index (κ2) is 21.8. The number of amides is 4. The summed E-state index contributed by atoms with van der Waals surface area (Å²) in [6, 6.07) is 23.7. The van der Waals surface area contributed by atoms with Crippen molar-refractivity contribution in [1.82, 2.24) is 10.2 Å². The fourth-order valence-corrected chi connectivity index (χ4v) is 12.1. The first-order chi connectivity index (χ1) is 34.8. The maximum Gasteiger partial charge on any atom is 0.338 e. The number of esters is 3. The number of hydrogen-bond donors (Lipinski definition) is 2. The minimum atomic E-state index is -1.96. The number of imide groups is 3. The maximum absolute atomic E-state index is 15.9. The number of nitrogens with one attached hydrogen (secondary N) is 1. The third-order valence-corrected chi connectivity index (χ3v) is 15.5. The van der Waals surface area contributed by atoms with Gasteiger partial charge in [0.15, 0.2) is 18.0 Å². The van der Waals surface area contributed by atoms with E-state index in [4.69, 9.17) is 23.7 Å². The van der Waals surface area contributed by atoms with Gasteiger partial charge in [0.25, 0.3) is 5.91 Å². The third kappa shape index (κ3) is 10.6. The van der Waals surface area contributed by atoms with E-state index in [1.807, 2.05) is 13.8 Å². The summed E-state index contributed by atoms with van der Waals surface area (Å²) in [6.07, 6.45) is -7.17. The zero-order valence-corrected chi connectivity index (χ0v) is 41.6. The summed E-state index contributed by atoms with van der Waals surface area (Å²) < 4.78 is 32.0. The van der Waals surface area contributed by atoms with Crippen LogP contribution in [0.15, 0.2) is 102 Å². The normalized spacial score (nSPS) is 28.0. The van der Waals surface area contributed by atoms with E-state index in [1.165, 1.54) is 13.8 Å². The molecule has 8 rings (SSSR count). The summed E-state index contributed by atoms with van der Waals surface area (Å²) in [5, 5.41) is 14.7. The molecular formula is C56H62N2O15. The van der Waals surface area contributed by atoms with E-state index < -0.39 is 119 Å². The molecule has 11 atom stereocenters. The molecule has 5 aliphatic rings. The molecule has 0 spiro atoms. The first-order valence-corrected chi connectivity index (χ1v) is 24.9. The summed E-state index contributed by atoms with van der Waals surface area (Å²) >= 11 is 0. The Labute approximate surface area is 423 Å². The molecule has 4 fully saturated rings. The lowest BCUT2D eigenvalue weighted by atomic mass is 9.46. The van der Waals surface area contributed by atoms with Gasteiger partial charge in [-0.25, -0.2) is 14.5 Å². The number of ether oxygens (including phenoxy) is 5. The van der Waals surface area contributed by atoms with E-state index in [1.54, 1.807) is 97.9 Å². The lowest BCUT2D eigenvalue weighted by Crippen LogP contribution is -2.72. The highest BCUT2D eigenvalue weighted by Gasteiger charge is 2.70. The highest BCUT2D eigenvalue weighted by atomic mass is 16.6. The Kier molecular flexibility index (Phi) is 15.7. The zero-order chi connectivity index (χ0) is 52.4. The van der Waals surface area contributed by atoms with Gasteiger partial charge < -0.3 is 38.9 Å². The van der Waals surface area contributed by atoms with Crippen molar-refractivity contribution in [3.05, 3.63) is 119 Å². The van der Waals surface area contributed by atoms with Gasteiger partial charge in [0, 0.05) is 68.4 Å². The summed E-state index contributed by atoms with van der Waals surface area (Å²) in [5.74, 6) is -8.70. The first-order valence-electron chi connectivity index (χ1n) is 24.9. The molecule has 17 nitrogen and oxygen atoms in total. The van der Waals surface area contributed by atoms with Crippen molar-refractivity contribution in [3.63, 3.8) is 0 Å². The highest BCUT2D eigenvalue weighted by molar-refractivity contribution is 6.15. The molecule has 4 amide bonds. The Hall–Kier alpha value is -6.69. The molecule has 3 aliphatic carbocycles. The van der Waals surface area contributed by atoms with Gasteiger partial charge in [-0.3, -0.25) is 28.8 Å². The molecule has 2 bridgehead atoms. The number of Topliss-reactive ketones (excluding diaryl/α,β-unsaturated/α-hetero) is 2. The molecule has 73 heavy (non-hydrogen) atoms. The number of benzene rings is 3. The van der Waals surface area contributed by atoms with Gasteiger partial charge in [-0.1, -0.05) is 80.6 Å². The van der Waals surface area contributed by atoms with Crippen LogP contribution in [0, 0.1) is 28.6 Å². The maximum atomic E-state index is 15.9. The molecule has 2 saturated carbocycles. The largest absolute Gasteiger partial charge is 0.458 e. The third-order valence-electron chi connectivity index (χ3n) is 15.5. The monoisotopic (exact) mass is 1000 g/mol. The Morgan fingerprint density at radius 2 is 1.42 bits per heavy atom. The van der Waals surface area contributed by atoms with Crippen molar-refractivity contribution in [1.29, 1.82) is 0 Å². The van der Waals surface area contributed by atoms with Gasteiger partial charge in [0.05, 0.1) is 36.3 Å². The molecule has 2 aliphatic heterocycles. The van der Waals surface area contributed by atoms with Gasteiger partial charge in [0.1, 0.15) is 18.0 Å². The van der Waals surface area contributed by atoms with E-state index in [9.17, 15) is 43.5 Å². The van der Waals surface area contributed by atoms with Crippen molar-refractivity contribution >= 4 is 53.1 Å². The van der Waals surface area contributed by atoms with Crippen LogP contribution >= 0.6 is 0 Å². The molecule has 386 valence electrons. The summed E-state index contributed by atoms with van der Waals surface area (Å²) in [4.78, 5) is 123. The van der Waals surface area contributed by atoms with Crippen LogP contribution in [0.5, 0.6) is 0 Å². The van der Waals surface area contributed by atoms with Gasteiger partial charge in [-0.05, 0) is 79.5 Å². The van der Waals surface area contributed by atoms with E-state index in [0.717, 1.165) is 0 Å². The second-order valence-corrected chi connectivity index (χ2v) is 20.5. The van der Waals surface area contributed by atoms with Gasteiger partial charge in [0.2, 0.25) is 17.7 Å². The molecule has 0 radical (unpaired) electrons. The first kappa shape index (κ1) is 52.6. The molecule has 3 aromatic carbocycles. The van der Waals surface area contributed by atoms with Crippen molar-refractivity contribution in [2.75, 3.05) is 13.2 Å². The number of likely N-dealkylation sites (tertiary alicyclic amines) is 1. The van der Waals surface area contributed by atoms with Crippen molar-refractivity contribution in [2.24, 2.45) is 28.6 Å². The number of fused-ring (bicyclic) bond motifs is 5. The van der Waals surface area contributed by atoms with Crippen LogP contribution < -0.4 is 5.32 Å². The van der Waals surface area contributed by atoms with Crippen LogP contribution in [-0.4, -0.2) is 113 Å². The standard InChI is InChI=1S/C56H62N2O15/c1-31(59)29-56-30-70-40(56)28-39(69-26-16-15-23-41(61)58-42(62)24-25-43(58)63)44-46(56)50(73-53(67)36-21-13-8-14-22-36)37-27-38(32(2)45(55(37,4)5)51(48(44)64)71-33(3)60)72-54(68)49(65)47(34-17-9-6-10-18-34)57-52(66)35-19-11-7-12-20-35/h6-14,17-22,37-40,44,46-47,49-51,65H,15-16,23-30H2,1-5H3,(H,57,66)/t37?,38-,39-,40?,44?,46?,47-,49+,50+,51?,56+/m0/s1. The number of unbranched alkanes of at least 4 members (excludes halogenated alkanes) is 1. The minimum absolute atomic E-state index is 0.0150. The Bertz CT molecular complexity index is 2650. The molecule has 3 aromatic rings. The fraction of sp³-hybridized carbons (Fsp3) is 0.482. The van der Waals surface area contributed by atoms with Crippen LogP contribution in [0.1, 0.15) is 118 Å². The van der Waals surface area contributed by atoms with E-state index in [-0.39, 0.29) is 81.5 Å². The fourth-order valence-electron chi connectivity index (χ4n) is 12.1. The number of hydrogen-bond acceptors (Lipinski definition) is 15. The van der Waals surface area contributed by atoms with Crippen molar-refractivity contribution in [3.8, 4) is 0 Å². The predicted octanol–water partition coefficient (Wildman–Crippen LogP) is 5.76. The summed E-state index contributed by atoms with van der Waals surface area (Å²) in [6.45, 7) is 7.98. The van der Waals surface area contributed by atoms with Crippen LogP contribution in [-0.2, 0) is 57.2 Å². The number of ketones is 2. The van der Waals surface area contributed by atoms with Gasteiger partial charge >= 0.3 is 17.9 Å². The Balaban J connectivity index is 1.19. The summed E-state index contributed by atoms with van der Waals surface area (Å²) in [7, 11) is 0. The van der Waals surface area contributed by atoms with Crippen molar-refractivity contribution < 1.29 is 71.9 Å². The molecule has 2 N–H and O–H groups in total. The number of nitrogens with zero attached hydrogens (tertiary/aromatic N) is 1. The number of aliphatic hydroxyl groups is 1. The topological polar surface area (TPSA) is 235 Å². The molecule has 5 unspecified atom stereocenters. The SMILES string of the molecule is CC(=O)C[C@@]12COC1C[C@H](OCCCCC(=O)N1C(=O)CCC1=O)C1C(=O)C(OC(C)=O)C3=C(C)[C@@H](OC(=O)[C@H](O)[C@@H](NC(=O)c4ccccc4)c4ccccc4)CC([C@@H](OC(=O)c4ccccc4)C12)C3(C)C. The number of rotatable bonds is 17. The predicted molar refractivity (Wildman–Crippen MR) is 259 cm³/mol. The van der Waals surface area contributed by atoms with E-state index in [2.05, 4.69) is 5.32 Å². The number of aliphatic hydroxyl groups excluding tert-OH is 1. The lowest BCUT2D eigenvalue weighted by Gasteiger charge is -2.64. The van der Waals surface area contributed by atoms with E-state index >= 15 is 4.79 Å². The zero-order valence-electron chi connectivity index (χ0n) is 41.6. The van der Waals surface area contributed by atoms with Gasteiger partial charge in [-0.2, -0.15) is 0 Å². The lowest BCUT2D eigenvalue weighted by molar-refractivity contribution is -0.289. The summed E-state index contributed by atoms with van der Waals surface area (Å²) in [5.41, 5.74) is -0.696. The minimum Gasteiger partial charge on any atom is -0.458 e.